The number of benzene rings is 2. The quantitative estimate of drug-likeness (QED) is 0.746. The summed E-state index contributed by atoms with van der Waals surface area (Å²) in [6.45, 7) is 0.335. The van der Waals surface area contributed by atoms with E-state index >= 15 is 0 Å². The van der Waals surface area contributed by atoms with Gasteiger partial charge in [-0.2, -0.15) is 0 Å². The summed E-state index contributed by atoms with van der Waals surface area (Å²) in [5.74, 6) is 0.0855. The van der Waals surface area contributed by atoms with Gasteiger partial charge >= 0.3 is 0 Å². The summed E-state index contributed by atoms with van der Waals surface area (Å²) in [4.78, 5) is 16.8. The summed E-state index contributed by atoms with van der Waals surface area (Å²) in [6, 6.07) is 15.7. The molecular weight excluding hydrogens is 268 g/mol. The van der Waals surface area contributed by atoms with Crippen molar-refractivity contribution in [3.8, 4) is 10.6 Å². The monoisotopic (exact) mass is 282 g/mol. The number of Topliss-reactive ketones (excluding diaryl/α,β-unsaturated/α-hetero) is 1. The number of carbonyl (C=O) groups excluding carboxylic acids is 1. The van der Waals surface area contributed by atoms with E-state index in [1.54, 1.807) is 18.4 Å². The van der Waals surface area contributed by atoms with Crippen LogP contribution in [0, 0.1) is 0 Å². The van der Waals surface area contributed by atoms with Gasteiger partial charge in [0.1, 0.15) is 5.01 Å². The fourth-order valence-electron chi connectivity index (χ4n) is 2.16. The molecule has 20 heavy (non-hydrogen) atoms. The number of thiazole rings is 1. The van der Waals surface area contributed by atoms with Crippen LogP contribution in [-0.4, -0.2) is 24.4 Å². The average molecular weight is 282 g/mol. The zero-order valence-electron chi connectivity index (χ0n) is 11.1. The SMILES string of the molecule is CNCC(=O)c1ccccc1-c1nc2ccccc2s1. The minimum Gasteiger partial charge on any atom is -0.313 e. The molecule has 0 aliphatic heterocycles. The number of aromatic nitrogens is 1. The number of ketones is 1. The number of likely N-dealkylation sites (N-methyl/N-ethyl adjacent to an activating group) is 1. The first-order valence-electron chi connectivity index (χ1n) is 6.42. The smallest absolute Gasteiger partial charge is 0.177 e. The second-order valence-electron chi connectivity index (χ2n) is 4.49. The van der Waals surface area contributed by atoms with E-state index < -0.39 is 0 Å². The molecule has 0 spiro atoms. The Kier molecular flexibility index (Phi) is 3.58. The maximum absolute atomic E-state index is 12.2. The highest BCUT2D eigenvalue weighted by Crippen LogP contribution is 2.32. The first kappa shape index (κ1) is 13.0. The van der Waals surface area contributed by atoms with E-state index in [-0.39, 0.29) is 5.78 Å². The fourth-order valence-corrected chi connectivity index (χ4v) is 3.16. The van der Waals surface area contributed by atoms with Crippen LogP contribution in [0.3, 0.4) is 0 Å². The van der Waals surface area contributed by atoms with Crippen molar-refractivity contribution in [2.45, 2.75) is 0 Å². The maximum Gasteiger partial charge on any atom is 0.177 e. The van der Waals surface area contributed by atoms with E-state index in [0.29, 0.717) is 6.54 Å². The van der Waals surface area contributed by atoms with Crippen molar-refractivity contribution >= 4 is 27.3 Å². The van der Waals surface area contributed by atoms with Crippen LogP contribution in [0.15, 0.2) is 48.5 Å². The third kappa shape index (κ3) is 2.35. The van der Waals surface area contributed by atoms with Crippen molar-refractivity contribution in [1.82, 2.24) is 10.3 Å². The van der Waals surface area contributed by atoms with Crippen LogP contribution in [0.25, 0.3) is 20.8 Å². The predicted molar refractivity (Wildman–Crippen MR) is 83.3 cm³/mol. The summed E-state index contributed by atoms with van der Waals surface area (Å²) in [7, 11) is 1.78. The number of nitrogens with zero attached hydrogens (tertiary/aromatic N) is 1. The van der Waals surface area contributed by atoms with Gasteiger partial charge in [-0.15, -0.1) is 11.3 Å². The highest BCUT2D eigenvalue weighted by atomic mass is 32.1. The van der Waals surface area contributed by atoms with Crippen LogP contribution in [0.1, 0.15) is 10.4 Å². The number of para-hydroxylation sites is 1. The van der Waals surface area contributed by atoms with Gasteiger partial charge in [-0.3, -0.25) is 4.79 Å². The zero-order valence-corrected chi connectivity index (χ0v) is 11.9. The number of rotatable bonds is 4. The maximum atomic E-state index is 12.2. The largest absolute Gasteiger partial charge is 0.313 e. The summed E-state index contributed by atoms with van der Waals surface area (Å²) in [6.07, 6.45) is 0. The Balaban J connectivity index is 2.11. The molecule has 0 atom stereocenters. The van der Waals surface area contributed by atoms with Gasteiger partial charge < -0.3 is 5.32 Å². The van der Waals surface area contributed by atoms with Gasteiger partial charge in [-0.05, 0) is 19.2 Å². The Labute approximate surface area is 121 Å². The Bertz CT molecular complexity index is 731. The minimum absolute atomic E-state index is 0.0855. The molecular formula is C16H14N2OS. The topological polar surface area (TPSA) is 42.0 Å². The standard InChI is InChI=1S/C16H14N2OS/c1-17-10-14(19)11-6-2-3-7-12(11)16-18-13-8-4-5-9-15(13)20-16/h2-9,17H,10H2,1H3. The molecule has 100 valence electrons. The Morgan fingerprint density at radius 3 is 2.70 bits per heavy atom. The normalized spacial score (nSPS) is 10.8. The number of fused-ring (bicyclic) bond motifs is 1. The molecule has 1 aromatic heterocycles. The van der Waals surface area contributed by atoms with Gasteiger partial charge in [0.05, 0.1) is 16.8 Å². The van der Waals surface area contributed by atoms with Crippen molar-refractivity contribution in [2.24, 2.45) is 0 Å². The third-order valence-corrected chi connectivity index (χ3v) is 4.16. The lowest BCUT2D eigenvalue weighted by Crippen LogP contribution is -2.19. The number of hydrogen-bond acceptors (Lipinski definition) is 4. The van der Waals surface area contributed by atoms with Gasteiger partial charge in [0.2, 0.25) is 0 Å². The van der Waals surface area contributed by atoms with Crippen LogP contribution in [-0.2, 0) is 0 Å². The molecule has 0 aliphatic rings. The highest BCUT2D eigenvalue weighted by molar-refractivity contribution is 7.21. The molecule has 2 aromatic carbocycles. The van der Waals surface area contributed by atoms with Crippen LogP contribution < -0.4 is 5.32 Å². The summed E-state index contributed by atoms with van der Waals surface area (Å²) >= 11 is 1.62. The molecule has 1 heterocycles. The third-order valence-electron chi connectivity index (χ3n) is 3.09. The molecule has 3 rings (SSSR count). The molecule has 0 unspecified atom stereocenters. The molecule has 0 amide bonds. The number of hydrogen-bond donors (Lipinski definition) is 1. The molecule has 4 heteroatoms. The summed E-state index contributed by atoms with van der Waals surface area (Å²) in [5, 5.41) is 3.80. The van der Waals surface area contributed by atoms with E-state index in [1.165, 1.54) is 0 Å². The van der Waals surface area contributed by atoms with E-state index in [4.69, 9.17) is 0 Å². The summed E-state index contributed by atoms with van der Waals surface area (Å²) < 4.78 is 1.14. The first-order chi connectivity index (χ1) is 9.79. The highest BCUT2D eigenvalue weighted by Gasteiger charge is 2.14. The molecule has 0 saturated carbocycles. The fraction of sp³-hybridized carbons (Fsp3) is 0.125. The van der Waals surface area contributed by atoms with Crippen molar-refractivity contribution in [3.63, 3.8) is 0 Å². The lowest BCUT2D eigenvalue weighted by atomic mass is 10.0. The second kappa shape index (κ2) is 5.53. The molecule has 1 N–H and O–H groups in total. The second-order valence-corrected chi connectivity index (χ2v) is 5.52. The Hall–Kier alpha value is -2.04. The molecule has 0 radical (unpaired) electrons. The molecule has 3 nitrogen and oxygen atoms in total. The zero-order chi connectivity index (χ0) is 13.9. The first-order valence-corrected chi connectivity index (χ1v) is 7.24. The molecule has 0 bridgehead atoms. The molecule has 0 aliphatic carbocycles. The predicted octanol–water partition coefficient (Wildman–Crippen LogP) is 3.37. The molecule has 0 saturated heterocycles. The van der Waals surface area contributed by atoms with Crippen LogP contribution in [0.5, 0.6) is 0 Å². The molecule has 3 aromatic rings. The van der Waals surface area contributed by atoms with Crippen LogP contribution >= 0.6 is 11.3 Å². The van der Waals surface area contributed by atoms with E-state index in [9.17, 15) is 4.79 Å². The summed E-state index contributed by atoms with van der Waals surface area (Å²) in [5.41, 5.74) is 2.61. The van der Waals surface area contributed by atoms with Gasteiger partial charge in [-0.25, -0.2) is 4.98 Å². The average Bonchev–Trinajstić information content (AvgIpc) is 2.91. The lowest BCUT2D eigenvalue weighted by Gasteiger charge is -2.05. The lowest BCUT2D eigenvalue weighted by molar-refractivity contribution is 0.0994. The van der Waals surface area contributed by atoms with Gasteiger partial charge in [-0.1, -0.05) is 36.4 Å². The van der Waals surface area contributed by atoms with Crippen molar-refractivity contribution in [2.75, 3.05) is 13.6 Å². The van der Waals surface area contributed by atoms with Gasteiger partial charge in [0.25, 0.3) is 0 Å². The van der Waals surface area contributed by atoms with Crippen molar-refractivity contribution in [1.29, 1.82) is 0 Å². The van der Waals surface area contributed by atoms with Gasteiger partial charge in [0.15, 0.2) is 5.78 Å². The Morgan fingerprint density at radius 2 is 1.90 bits per heavy atom. The van der Waals surface area contributed by atoms with Gasteiger partial charge in [0, 0.05) is 11.1 Å². The number of nitrogens with one attached hydrogen (secondary N) is 1. The minimum atomic E-state index is 0.0855. The van der Waals surface area contributed by atoms with Crippen LogP contribution in [0.2, 0.25) is 0 Å². The number of carbonyl (C=O) groups is 1. The van der Waals surface area contributed by atoms with E-state index in [0.717, 1.165) is 26.4 Å². The van der Waals surface area contributed by atoms with Crippen LogP contribution in [0.4, 0.5) is 0 Å². The molecule has 0 fully saturated rings. The Morgan fingerprint density at radius 1 is 1.15 bits per heavy atom. The van der Waals surface area contributed by atoms with Crippen molar-refractivity contribution < 1.29 is 4.79 Å². The van der Waals surface area contributed by atoms with E-state index in [1.807, 2.05) is 42.5 Å². The van der Waals surface area contributed by atoms with E-state index in [2.05, 4.69) is 16.4 Å². The van der Waals surface area contributed by atoms with Crippen molar-refractivity contribution in [3.05, 3.63) is 54.1 Å².